The van der Waals surface area contributed by atoms with Crippen molar-refractivity contribution in [2.24, 2.45) is 0 Å². The summed E-state index contributed by atoms with van der Waals surface area (Å²) in [6.07, 6.45) is 0. The first-order valence-corrected chi connectivity index (χ1v) is 6.03. The van der Waals surface area contributed by atoms with Crippen molar-refractivity contribution in [1.29, 1.82) is 0 Å². The van der Waals surface area contributed by atoms with Crippen molar-refractivity contribution in [3.63, 3.8) is 0 Å². The van der Waals surface area contributed by atoms with Crippen LogP contribution >= 0.6 is 11.6 Å². The van der Waals surface area contributed by atoms with E-state index in [4.69, 9.17) is 11.6 Å². The van der Waals surface area contributed by atoms with Crippen molar-refractivity contribution >= 4 is 27.3 Å². The highest BCUT2D eigenvalue weighted by Crippen LogP contribution is 2.23. The number of hydrogen-bond donors (Lipinski definition) is 1. The molecular weight excluding hydrogens is 224 g/mol. The molecule has 0 atom stereocenters. The molecule has 4 nitrogen and oxygen atoms in total. The summed E-state index contributed by atoms with van der Waals surface area (Å²) < 4.78 is 26.1. The monoisotopic (exact) mass is 234 g/mol. The summed E-state index contributed by atoms with van der Waals surface area (Å²) in [6, 6.07) is 6.31. The molecule has 14 heavy (non-hydrogen) atoms. The molecule has 0 aliphatic rings. The van der Waals surface area contributed by atoms with E-state index in [0.717, 1.165) is 0 Å². The fraction of sp³-hybridized carbons (Fsp3) is 0.250. The second kappa shape index (κ2) is 4.63. The Hall–Kier alpha value is -0.780. The second-order valence-electron chi connectivity index (χ2n) is 2.71. The van der Waals surface area contributed by atoms with Crippen molar-refractivity contribution in [3.8, 4) is 0 Å². The minimum absolute atomic E-state index is 0.0321. The van der Waals surface area contributed by atoms with E-state index in [0.29, 0.717) is 17.3 Å². The number of hydrogen-bond acceptors (Lipinski definition) is 2. The van der Waals surface area contributed by atoms with Crippen LogP contribution in [0.15, 0.2) is 24.3 Å². The Kier molecular flexibility index (Phi) is 3.74. The summed E-state index contributed by atoms with van der Waals surface area (Å²) in [5.74, 6) is -0.0321. The first-order chi connectivity index (χ1) is 6.53. The summed E-state index contributed by atoms with van der Waals surface area (Å²) in [6.45, 7) is 0.319. The van der Waals surface area contributed by atoms with Crippen LogP contribution in [-0.2, 0) is 10.0 Å². The van der Waals surface area contributed by atoms with Crippen LogP contribution in [-0.4, -0.2) is 20.7 Å². The molecule has 0 spiro atoms. The zero-order valence-electron chi connectivity index (χ0n) is 7.48. The fourth-order valence-corrected chi connectivity index (χ4v) is 1.92. The average molecular weight is 235 g/mol. The smallest absolute Gasteiger partial charge is 0.0993 e. The number of benzene rings is 1. The molecular formula is C8H11ClN2O2S. The lowest BCUT2D eigenvalue weighted by atomic mass is 10.3. The number of rotatable bonds is 4. The lowest BCUT2D eigenvalue weighted by Crippen LogP contribution is -2.52. The molecule has 1 rings (SSSR count). The van der Waals surface area contributed by atoms with Gasteiger partial charge in [0, 0.05) is 5.02 Å². The van der Waals surface area contributed by atoms with Gasteiger partial charge in [-0.05, 0) is 12.1 Å². The van der Waals surface area contributed by atoms with Crippen LogP contribution in [0, 0.1) is 0 Å². The third-order valence-corrected chi connectivity index (χ3v) is 3.02. The maximum absolute atomic E-state index is 11.2. The van der Waals surface area contributed by atoms with Gasteiger partial charge in [0.05, 0.1) is 22.3 Å². The van der Waals surface area contributed by atoms with Crippen LogP contribution in [0.5, 0.6) is 0 Å². The van der Waals surface area contributed by atoms with Crippen LogP contribution in [0.3, 0.4) is 0 Å². The van der Waals surface area contributed by atoms with E-state index in [1.165, 1.54) is 0 Å². The molecule has 6 heteroatoms. The SMILES string of the molecule is [NH3+]CCS(=O)(=O)[N-]c1ccc(Cl)cc1. The highest BCUT2D eigenvalue weighted by Gasteiger charge is 1.98. The molecule has 0 aromatic heterocycles. The van der Waals surface area contributed by atoms with Crippen LogP contribution in [0.25, 0.3) is 4.72 Å². The van der Waals surface area contributed by atoms with E-state index in [-0.39, 0.29) is 5.75 Å². The van der Waals surface area contributed by atoms with Crippen molar-refractivity contribution in [2.75, 3.05) is 12.3 Å². The van der Waals surface area contributed by atoms with Gasteiger partial charge in [-0.25, -0.2) is 8.42 Å². The van der Waals surface area contributed by atoms with Crippen molar-refractivity contribution in [3.05, 3.63) is 34.0 Å². The summed E-state index contributed by atoms with van der Waals surface area (Å²) in [7, 11) is -3.38. The summed E-state index contributed by atoms with van der Waals surface area (Å²) in [4.78, 5) is 0. The lowest BCUT2D eigenvalue weighted by molar-refractivity contribution is -0.360. The van der Waals surface area contributed by atoms with Gasteiger partial charge in [-0.2, -0.15) is 0 Å². The molecule has 1 aromatic carbocycles. The van der Waals surface area contributed by atoms with E-state index in [1.54, 1.807) is 24.3 Å². The number of sulfonamides is 1. The molecule has 0 amide bonds. The quantitative estimate of drug-likeness (QED) is 0.841. The maximum Gasteiger partial charge on any atom is 0.0993 e. The van der Waals surface area contributed by atoms with Crippen LogP contribution in [0.4, 0.5) is 5.69 Å². The number of halogens is 1. The average Bonchev–Trinajstić information content (AvgIpc) is 2.08. The molecule has 0 saturated carbocycles. The largest absolute Gasteiger partial charge is 0.577 e. The van der Waals surface area contributed by atoms with E-state index in [1.807, 2.05) is 0 Å². The molecule has 0 unspecified atom stereocenters. The summed E-state index contributed by atoms with van der Waals surface area (Å²) in [5, 5.41) is 0.554. The summed E-state index contributed by atoms with van der Waals surface area (Å²) >= 11 is 5.64. The molecule has 0 aliphatic carbocycles. The van der Waals surface area contributed by atoms with Gasteiger partial charge in [0.15, 0.2) is 0 Å². The number of quaternary nitrogens is 1. The highest BCUT2D eigenvalue weighted by molar-refractivity contribution is 7.94. The molecule has 0 aliphatic heterocycles. The Balaban J connectivity index is 2.74. The van der Waals surface area contributed by atoms with Crippen molar-refractivity contribution in [2.45, 2.75) is 0 Å². The fourth-order valence-electron chi connectivity index (χ4n) is 0.891. The Morgan fingerprint density at radius 2 is 1.86 bits per heavy atom. The minimum Gasteiger partial charge on any atom is -0.577 e. The third kappa shape index (κ3) is 3.53. The zero-order valence-corrected chi connectivity index (χ0v) is 9.05. The van der Waals surface area contributed by atoms with Gasteiger partial charge >= 0.3 is 0 Å². The van der Waals surface area contributed by atoms with E-state index in [9.17, 15) is 8.42 Å². The molecule has 1 aromatic rings. The van der Waals surface area contributed by atoms with Crippen LogP contribution in [0.2, 0.25) is 5.02 Å². The highest BCUT2D eigenvalue weighted by atomic mass is 35.5. The van der Waals surface area contributed by atoms with Gasteiger partial charge in [0.1, 0.15) is 0 Å². The molecule has 3 N–H and O–H groups in total. The maximum atomic E-state index is 11.2. The van der Waals surface area contributed by atoms with Gasteiger partial charge in [0.25, 0.3) is 0 Å². The third-order valence-electron chi connectivity index (χ3n) is 1.47. The first-order valence-electron chi connectivity index (χ1n) is 4.04. The zero-order chi connectivity index (χ0) is 10.6. The van der Waals surface area contributed by atoms with Gasteiger partial charge < -0.3 is 10.5 Å². The van der Waals surface area contributed by atoms with E-state index < -0.39 is 10.0 Å². The first kappa shape index (κ1) is 11.3. The predicted octanol–water partition coefficient (Wildman–Crippen LogP) is 0.917. The Morgan fingerprint density at radius 3 is 2.36 bits per heavy atom. The van der Waals surface area contributed by atoms with Crippen LogP contribution < -0.4 is 5.73 Å². The standard InChI is InChI=1S/C8H10ClN2O2S/c9-7-1-3-8(4-2-7)11-14(12,13)6-5-10/h1-4H,5-6,10H2/q-1/p+1. The molecule has 78 valence electrons. The van der Waals surface area contributed by atoms with Gasteiger partial charge in [-0.3, -0.25) is 0 Å². The van der Waals surface area contributed by atoms with Crippen molar-refractivity contribution < 1.29 is 14.2 Å². The predicted molar refractivity (Wildman–Crippen MR) is 56.0 cm³/mol. The second-order valence-corrected chi connectivity index (χ2v) is 4.90. The topological polar surface area (TPSA) is 75.9 Å². The molecule has 0 bridgehead atoms. The van der Waals surface area contributed by atoms with Gasteiger partial charge in [0.2, 0.25) is 0 Å². The van der Waals surface area contributed by atoms with Gasteiger partial charge in [-0.1, -0.05) is 23.7 Å². The van der Waals surface area contributed by atoms with E-state index in [2.05, 4.69) is 10.5 Å². The normalized spacial score (nSPS) is 11.3. The number of nitrogens with zero attached hydrogens (tertiary/aromatic N) is 1. The summed E-state index contributed by atoms with van der Waals surface area (Å²) in [5.41, 5.74) is 3.86. The van der Waals surface area contributed by atoms with Gasteiger partial charge in [-0.15, -0.1) is 5.69 Å². The molecule has 0 heterocycles. The molecule has 0 fully saturated rings. The Bertz CT molecular complexity index is 388. The Morgan fingerprint density at radius 1 is 1.29 bits per heavy atom. The minimum atomic E-state index is -3.38. The van der Waals surface area contributed by atoms with Crippen molar-refractivity contribution in [1.82, 2.24) is 0 Å². The Labute approximate surface area is 88.1 Å². The lowest BCUT2D eigenvalue weighted by Gasteiger charge is -2.20. The molecule has 0 saturated heterocycles. The van der Waals surface area contributed by atoms with Crippen LogP contribution in [0.1, 0.15) is 0 Å². The van der Waals surface area contributed by atoms with E-state index >= 15 is 0 Å². The molecule has 0 radical (unpaired) electrons.